The predicted octanol–water partition coefficient (Wildman–Crippen LogP) is 1.56. The zero-order valence-electron chi connectivity index (χ0n) is 9.90. The predicted molar refractivity (Wildman–Crippen MR) is 63.7 cm³/mol. The van der Waals surface area contributed by atoms with Crippen LogP contribution < -0.4 is 10.5 Å². The Bertz CT molecular complexity index is 361. The molecule has 2 rings (SSSR count). The average molecular weight is 221 g/mol. The molecule has 1 aliphatic rings. The lowest BCUT2D eigenvalue weighted by molar-refractivity contribution is -0.0862. The zero-order chi connectivity index (χ0) is 11.6. The minimum atomic E-state index is 0.0430. The summed E-state index contributed by atoms with van der Waals surface area (Å²) in [4.78, 5) is 0. The minimum Gasteiger partial charge on any atom is -0.496 e. The van der Waals surface area contributed by atoms with E-state index >= 15 is 0 Å². The summed E-state index contributed by atoms with van der Waals surface area (Å²) in [5.74, 6) is 1.34. The van der Waals surface area contributed by atoms with Gasteiger partial charge in [0.25, 0.3) is 0 Å². The number of ether oxygens (including phenoxy) is 2. The van der Waals surface area contributed by atoms with Crippen molar-refractivity contribution in [2.75, 3.05) is 26.9 Å². The number of hydrogen-bond donors (Lipinski definition) is 1. The fraction of sp³-hybridized carbons (Fsp3) is 0.538. The highest BCUT2D eigenvalue weighted by Gasteiger charge is 2.46. The molecule has 2 N–H and O–H groups in total. The van der Waals surface area contributed by atoms with E-state index in [-0.39, 0.29) is 5.41 Å². The van der Waals surface area contributed by atoms with Crippen molar-refractivity contribution in [1.29, 1.82) is 0 Å². The van der Waals surface area contributed by atoms with Gasteiger partial charge in [0.05, 0.1) is 20.3 Å². The molecule has 3 heteroatoms. The van der Waals surface area contributed by atoms with Crippen molar-refractivity contribution in [2.24, 2.45) is 11.7 Å². The SMILES string of the molecule is COc1ccccc1C1(C(C)CN)COC1. The Kier molecular flexibility index (Phi) is 3.17. The third-order valence-corrected chi connectivity index (χ3v) is 3.66. The molecule has 1 atom stereocenters. The van der Waals surface area contributed by atoms with Crippen LogP contribution in [0.3, 0.4) is 0 Å². The zero-order valence-corrected chi connectivity index (χ0v) is 9.90. The summed E-state index contributed by atoms with van der Waals surface area (Å²) >= 11 is 0. The second-order valence-electron chi connectivity index (χ2n) is 4.49. The molecule has 1 aromatic carbocycles. The molecule has 1 aliphatic heterocycles. The van der Waals surface area contributed by atoms with Crippen LogP contribution in [0.2, 0.25) is 0 Å². The first-order valence-electron chi connectivity index (χ1n) is 5.66. The van der Waals surface area contributed by atoms with Crippen LogP contribution in [0, 0.1) is 5.92 Å². The van der Waals surface area contributed by atoms with E-state index in [0.717, 1.165) is 19.0 Å². The van der Waals surface area contributed by atoms with Gasteiger partial charge >= 0.3 is 0 Å². The maximum Gasteiger partial charge on any atom is 0.122 e. The third-order valence-electron chi connectivity index (χ3n) is 3.66. The smallest absolute Gasteiger partial charge is 0.122 e. The van der Waals surface area contributed by atoms with Crippen molar-refractivity contribution >= 4 is 0 Å². The third kappa shape index (κ3) is 1.60. The molecular formula is C13H19NO2. The Morgan fingerprint density at radius 3 is 2.62 bits per heavy atom. The fourth-order valence-electron chi connectivity index (χ4n) is 2.31. The molecule has 0 amide bonds. The summed E-state index contributed by atoms with van der Waals surface area (Å²) in [7, 11) is 1.71. The van der Waals surface area contributed by atoms with E-state index in [1.165, 1.54) is 5.56 Å². The van der Waals surface area contributed by atoms with Crippen LogP contribution in [0.1, 0.15) is 12.5 Å². The number of para-hydroxylation sites is 1. The Morgan fingerprint density at radius 2 is 2.12 bits per heavy atom. The highest BCUT2D eigenvalue weighted by atomic mass is 16.5. The van der Waals surface area contributed by atoms with Crippen molar-refractivity contribution in [2.45, 2.75) is 12.3 Å². The van der Waals surface area contributed by atoms with E-state index in [1.807, 2.05) is 18.2 Å². The molecule has 0 aliphatic carbocycles. The molecule has 16 heavy (non-hydrogen) atoms. The van der Waals surface area contributed by atoms with Crippen LogP contribution in [0.5, 0.6) is 5.75 Å². The molecule has 1 saturated heterocycles. The fourth-order valence-corrected chi connectivity index (χ4v) is 2.31. The van der Waals surface area contributed by atoms with E-state index < -0.39 is 0 Å². The second kappa shape index (κ2) is 4.44. The van der Waals surface area contributed by atoms with Crippen LogP contribution in [-0.4, -0.2) is 26.9 Å². The number of rotatable bonds is 4. The van der Waals surface area contributed by atoms with Crippen LogP contribution in [-0.2, 0) is 10.2 Å². The lowest BCUT2D eigenvalue weighted by Crippen LogP contribution is -2.53. The van der Waals surface area contributed by atoms with Gasteiger partial charge in [-0.1, -0.05) is 25.1 Å². The molecule has 1 aromatic rings. The Morgan fingerprint density at radius 1 is 1.44 bits per heavy atom. The standard InChI is InChI=1S/C13H19NO2/c1-10(7-14)13(8-16-9-13)11-5-3-4-6-12(11)15-2/h3-6,10H,7-9,14H2,1-2H3. The van der Waals surface area contributed by atoms with Gasteiger partial charge in [-0.2, -0.15) is 0 Å². The molecule has 1 fully saturated rings. The van der Waals surface area contributed by atoms with Gasteiger partial charge < -0.3 is 15.2 Å². The molecule has 0 spiro atoms. The number of benzene rings is 1. The summed E-state index contributed by atoms with van der Waals surface area (Å²) in [6, 6.07) is 8.15. The number of nitrogens with two attached hydrogens (primary N) is 1. The van der Waals surface area contributed by atoms with Crippen LogP contribution in [0.15, 0.2) is 24.3 Å². The average Bonchev–Trinajstić information content (AvgIpc) is 2.28. The van der Waals surface area contributed by atoms with Gasteiger partial charge in [0.1, 0.15) is 5.75 Å². The van der Waals surface area contributed by atoms with Gasteiger partial charge in [0.2, 0.25) is 0 Å². The van der Waals surface area contributed by atoms with Crippen molar-refractivity contribution < 1.29 is 9.47 Å². The summed E-state index contributed by atoms with van der Waals surface area (Å²) in [5.41, 5.74) is 7.07. The van der Waals surface area contributed by atoms with Gasteiger partial charge in [-0.05, 0) is 18.5 Å². The summed E-state index contributed by atoms with van der Waals surface area (Å²) in [6.07, 6.45) is 0. The molecule has 1 heterocycles. The molecular weight excluding hydrogens is 202 g/mol. The van der Waals surface area contributed by atoms with Crippen LogP contribution >= 0.6 is 0 Å². The van der Waals surface area contributed by atoms with Crippen molar-refractivity contribution in [3.05, 3.63) is 29.8 Å². The van der Waals surface area contributed by atoms with E-state index in [4.69, 9.17) is 15.2 Å². The van der Waals surface area contributed by atoms with Gasteiger partial charge in [-0.3, -0.25) is 0 Å². The molecule has 0 radical (unpaired) electrons. The lowest BCUT2D eigenvalue weighted by atomic mass is 9.69. The van der Waals surface area contributed by atoms with E-state index in [0.29, 0.717) is 12.5 Å². The largest absolute Gasteiger partial charge is 0.496 e. The molecule has 1 unspecified atom stereocenters. The van der Waals surface area contributed by atoms with Crippen LogP contribution in [0.25, 0.3) is 0 Å². The minimum absolute atomic E-state index is 0.0430. The maximum absolute atomic E-state index is 5.80. The molecule has 0 saturated carbocycles. The highest BCUT2D eigenvalue weighted by Crippen LogP contribution is 2.43. The molecule has 3 nitrogen and oxygen atoms in total. The summed E-state index contributed by atoms with van der Waals surface area (Å²) < 4.78 is 10.8. The Hall–Kier alpha value is -1.06. The normalized spacial score (nSPS) is 19.9. The number of hydrogen-bond acceptors (Lipinski definition) is 3. The molecule has 88 valence electrons. The van der Waals surface area contributed by atoms with E-state index in [9.17, 15) is 0 Å². The van der Waals surface area contributed by atoms with Gasteiger partial charge in [0, 0.05) is 11.0 Å². The monoisotopic (exact) mass is 221 g/mol. The first-order chi connectivity index (χ1) is 7.74. The first-order valence-corrected chi connectivity index (χ1v) is 5.66. The Labute approximate surface area is 96.5 Å². The quantitative estimate of drug-likeness (QED) is 0.839. The van der Waals surface area contributed by atoms with E-state index in [1.54, 1.807) is 7.11 Å². The maximum atomic E-state index is 5.80. The lowest BCUT2D eigenvalue weighted by Gasteiger charge is -2.46. The number of methoxy groups -OCH3 is 1. The summed E-state index contributed by atoms with van der Waals surface area (Å²) in [6.45, 7) is 4.33. The van der Waals surface area contributed by atoms with Gasteiger partial charge in [-0.25, -0.2) is 0 Å². The summed E-state index contributed by atoms with van der Waals surface area (Å²) in [5, 5.41) is 0. The first kappa shape index (κ1) is 11.4. The van der Waals surface area contributed by atoms with Crippen molar-refractivity contribution in [3.8, 4) is 5.75 Å². The highest BCUT2D eigenvalue weighted by molar-refractivity contribution is 5.41. The van der Waals surface area contributed by atoms with Gasteiger partial charge in [-0.15, -0.1) is 0 Å². The van der Waals surface area contributed by atoms with Crippen LogP contribution in [0.4, 0.5) is 0 Å². The topological polar surface area (TPSA) is 44.5 Å². The second-order valence-corrected chi connectivity index (χ2v) is 4.49. The van der Waals surface area contributed by atoms with Crippen molar-refractivity contribution in [3.63, 3.8) is 0 Å². The van der Waals surface area contributed by atoms with Crippen molar-refractivity contribution in [1.82, 2.24) is 0 Å². The molecule has 0 aromatic heterocycles. The molecule has 0 bridgehead atoms. The Balaban J connectivity index is 2.40. The van der Waals surface area contributed by atoms with E-state index in [2.05, 4.69) is 13.0 Å². The van der Waals surface area contributed by atoms with Gasteiger partial charge in [0.15, 0.2) is 0 Å².